The summed E-state index contributed by atoms with van der Waals surface area (Å²) in [6, 6.07) is 24.5. The van der Waals surface area contributed by atoms with Crippen LogP contribution >= 0.6 is 0 Å². The molecule has 0 fully saturated rings. The van der Waals surface area contributed by atoms with Gasteiger partial charge in [0.15, 0.2) is 0 Å². The molecule has 4 aromatic rings. The van der Waals surface area contributed by atoms with Crippen LogP contribution in [0, 0.1) is 0 Å². The molecule has 0 aliphatic carbocycles. The van der Waals surface area contributed by atoms with E-state index < -0.39 is 0 Å². The van der Waals surface area contributed by atoms with Crippen molar-refractivity contribution in [3.05, 3.63) is 84.6 Å². The number of carbonyl (C=O) groups is 1. The van der Waals surface area contributed by atoms with Gasteiger partial charge in [-0.05, 0) is 54.6 Å². The largest absolute Gasteiger partial charge is 0.496 e. The molecule has 5 heteroatoms. The third kappa shape index (κ3) is 3.42. The van der Waals surface area contributed by atoms with Crippen LogP contribution in [0.4, 0.5) is 5.69 Å². The van der Waals surface area contributed by atoms with Gasteiger partial charge >= 0.3 is 0 Å². The van der Waals surface area contributed by atoms with Gasteiger partial charge in [0.2, 0.25) is 0 Å². The molecule has 1 aromatic heterocycles. The molecule has 28 heavy (non-hydrogen) atoms. The number of rotatable bonds is 5. The van der Waals surface area contributed by atoms with Crippen molar-refractivity contribution in [2.45, 2.75) is 0 Å². The summed E-state index contributed by atoms with van der Waals surface area (Å²) in [7, 11) is 3.49. The summed E-state index contributed by atoms with van der Waals surface area (Å²) in [4.78, 5) is 12.8. The second kappa shape index (κ2) is 7.48. The second-order valence-corrected chi connectivity index (χ2v) is 6.38. The van der Waals surface area contributed by atoms with Gasteiger partial charge in [-0.15, -0.1) is 0 Å². The number of para-hydroxylation sites is 1. The van der Waals surface area contributed by atoms with Gasteiger partial charge in [-0.2, -0.15) is 0 Å². The standard InChI is InChI=1S/C23H20N2O3/c1-25-20-9-6-10-22(27-2)19(20)15-21(25)23(26)24-16-11-13-18(14-12-16)28-17-7-4-3-5-8-17/h3-15H,1-2H3,(H,24,26). The maximum atomic E-state index is 12.8. The topological polar surface area (TPSA) is 52.5 Å². The predicted molar refractivity (Wildman–Crippen MR) is 110 cm³/mol. The summed E-state index contributed by atoms with van der Waals surface area (Å²) in [5.41, 5.74) is 2.20. The number of methoxy groups -OCH3 is 1. The number of hydrogen-bond donors (Lipinski definition) is 1. The van der Waals surface area contributed by atoms with Gasteiger partial charge in [0.05, 0.1) is 12.6 Å². The molecule has 0 aliphatic heterocycles. The molecule has 0 unspecified atom stereocenters. The number of aromatic nitrogens is 1. The number of anilines is 1. The molecule has 0 atom stereocenters. The highest BCUT2D eigenvalue weighted by Crippen LogP contribution is 2.29. The van der Waals surface area contributed by atoms with Crippen molar-refractivity contribution in [2.75, 3.05) is 12.4 Å². The van der Waals surface area contributed by atoms with Crippen molar-refractivity contribution < 1.29 is 14.3 Å². The smallest absolute Gasteiger partial charge is 0.272 e. The number of ether oxygens (including phenoxy) is 2. The van der Waals surface area contributed by atoms with Gasteiger partial charge in [0.25, 0.3) is 5.91 Å². The molecule has 0 bridgehead atoms. The number of benzene rings is 3. The van der Waals surface area contributed by atoms with E-state index in [-0.39, 0.29) is 5.91 Å². The van der Waals surface area contributed by atoms with Gasteiger partial charge in [0, 0.05) is 18.1 Å². The van der Waals surface area contributed by atoms with E-state index >= 15 is 0 Å². The average molecular weight is 372 g/mol. The van der Waals surface area contributed by atoms with Crippen LogP contribution in [0.15, 0.2) is 78.9 Å². The maximum Gasteiger partial charge on any atom is 0.272 e. The molecule has 0 saturated carbocycles. The Hall–Kier alpha value is -3.73. The first-order valence-corrected chi connectivity index (χ1v) is 8.92. The molecule has 0 saturated heterocycles. The first-order chi connectivity index (χ1) is 13.7. The molecule has 140 valence electrons. The Morgan fingerprint density at radius 3 is 2.32 bits per heavy atom. The molecule has 1 N–H and O–H groups in total. The van der Waals surface area contributed by atoms with Crippen LogP contribution in [0.3, 0.4) is 0 Å². The third-order valence-electron chi connectivity index (χ3n) is 4.59. The number of hydrogen-bond acceptors (Lipinski definition) is 3. The highest BCUT2D eigenvalue weighted by atomic mass is 16.5. The van der Waals surface area contributed by atoms with Gasteiger partial charge in [-0.3, -0.25) is 4.79 Å². The summed E-state index contributed by atoms with van der Waals surface area (Å²) in [6.07, 6.45) is 0. The van der Waals surface area contributed by atoms with E-state index in [4.69, 9.17) is 9.47 Å². The fourth-order valence-corrected chi connectivity index (χ4v) is 3.16. The molecule has 3 aromatic carbocycles. The normalized spacial score (nSPS) is 10.6. The Bertz CT molecular complexity index is 1120. The fraction of sp³-hybridized carbons (Fsp3) is 0.0870. The molecule has 0 aliphatic rings. The van der Waals surface area contributed by atoms with Crippen molar-refractivity contribution in [1.29, 1.82) is 0 Å². The minimum atomic E-state index is -0.183. The third-order valence-corrected chi connectivity index (χ3v) is 4.59. The Balaban J connectivity index is 1.52. The van der Waals surface area contributed by atoms with Crippen molar-refractivity contribution in [2.24, 2.45) is 7.05 Å². The lowest BCUT2D eigenvalue weighted by Gasteiger charge is -2.09. The van der Waals surface area contributed by atoms with E-state index in [1.54, 1.807) is 7.11 Å². The Morgan fingerprint density at radius 2 is 1.61 bits per heavy atom. The van der Waals surface area contributed by atoms with Crippen molar-refractivity contribution in [1.82, 2.24) is 4.57 Å². The summed E-state index contributed by atoms with van der Waals surface area (Å²) in [5.74, 6) is 2.04. The Labute approximate surface area is 163 Å². The summed E-state index contributed by atoms with van der Waals surface area (Å²) in [5, 5.41) is 3.84. The zero-order valence-electron chi connectivity index (χ0n) is 15.7. The number of aryl methyl sites for hydroxylation is 1. The van der Waals surface area contributed by atoms with Crippen LogP contribution in [0.25, 0.3) is 10.9 Å². The minimum absolute atomic E-state index is 0.183. The lowest BCUT2D eigenvalue weighted by Crippen LogP contribution is -2.15. The molecule has 4 rings (SSSR count). The highest BCUT2D eigenvalue weighted by Gasteiger charge is 2.15. The number of amides is 1. The predicted octanol–water partition coefficient (Wildman–Crippen LogP) is 5.23. The van der Waals surface area contributed by atoms with Crippen molar-refractivity contribution in [3.63, 3.8) is 0 Å². The SMILES string of the molecule is COc1cccc2c1cc(C(=O)Nc1ccc(Oc3ccccc3)cc1)n2C. The lowest BCUT2D eigenvalue weighted by molar-refractivity contribution is 0.101. The molecule has 1 heterocycles. The lowest BCUT2D eigenvalue weighted by atomic mass is 10.2. The molecule has 1 amide bonds. The number of fused-ring (bicyclic) bond motifs is 1. The van der Waals surface area contributed by atoms with Gasteiger partial charge in [-0.1, -0.05) is 24.3 Å². The van der Waals surface area contributed by atoms with Crippen LogP contribution in [0.1, 0.15) is 10.5 Å². The first kappa shape index (κ1) is 17.7. The quantitative estimate of drug-likeness (QED) is 0.522. The van der Waals surface area contributed by atoms with E-state index in [1.165, 1.54) is 0 Å². The van der Waals surface area contributed by atoms with E-state index in [0.717, 1.165) is 22.4 Å². The van der Waals surface area contributed by atoms with Crippen LogP contribution in [-0.4, -0.2) is 17.6 Å². The van der Waals surface area contributed by atoms with E-state index in [2.05, 4.69) is 5.32 Å². The number of nitrogens with one attached hydrogen (secondary N) is 1. The molecular formula is C23H20N2O3. The van der Waals surface area contributed by atoms with Gasteiger partial charge < -0.3 is 19.4 Å². The first-order valence-electron chi connectivity index (χ1n) is 8.92. The number of carbonyl (C=O) groups excluding carboxylic acids is 1. The molecule has 5 nitrogen and oxygen atoms in total. The number of nitrogens with zero attached hydrogens (tertiary/aromatic N) is 1. The highest BCUT2D eigenvalue weighted by molar-refractivity contribution is 6.07. The summed E-state index contributed by atoms with van der Waals surface area (Å²) < 4.78 is 13.0. The van der Waals surface area contributed by atoms with Gasteiger partial charge in [0.1, 0.15) is 22.9 Å². The zero-order chi connectivity index (χ0) is 19.5. The van der Waals surface area contributed by atoms with Gasteiger partial charge in [-0.25, -0.2) is 0 Å². The Kier molecular flexibility index (Phi) is 4.72. The van der Waals surface area contributed by atoms with Crippen LogP contribution in [0.2, 0.25) is 0 Å². The summed E-state index contributed by atoms with van der Waals surface area (Å²) >= 11 is 0. The molecule has 0 spiro atoms. The second-order valence-electron chi connectivity index (χ2n) is 6.38. The molecule has 0 radical (unpaired) electrons. The Morgan fingerprint density at radius 1 is 0.893 bits per heavy atom. The summed E-state index contributed by atoms with van der Waals surface area (Å²) in [6.45, 7) is 0. The van der Waals surface area contributed by atoms with Crippen LogP contribution < -0.4 is 14.8 Å². The van der Waals surface area contributed by atoms with Crippen molar-refractivity contribution >= 4 is 22.5 Å². The van der Waals surface area contributed by atoms with E-state index in [1.807, 2.05) is 90.5 Å². The zero-order valence-corrected chi connectivity index (χ0v) is 15.7. The average Bonchev–Trinajstić information content (AvgIpc) is 3.07. The van der Waals surface area contributed by atoms with Crippen molar-refractivity contribution in [3.8, 4) is 17.2 Å². The van der Waals surface area contributed by atoms with Crippen LogP contribution in [-0.2, 0) is 7.05 Å². The fourth-order valence-electron chi connectivity index (χ4n) is 3.16. The molecular weight excluding hydrogens is 352 g/mol. The minimum Gasteiger partial charge on any atom is -0.496 e. The van der Waals surface area contributed by atoms with E-state index in [0.29, 0.717) is 17.1 Å². The maximum absolute atomic E-state index is 12.8. The monoisotopic (exact) mass is 372 g/mol. The van der Waals surface area contributed by atoms with E-state index in [9.17, 15) is 4.79 Å². The van der Waals surface area contributed by atoms with Crippen LogP contribution in [0.5, 0.6) is 17.2 Å².